The first-order valence-electron chi connectivity index (χ1n) is 6.09. The molecule has 3 nitrogen and oxygen atoms in total. The van der Waals surface area contributed by atoms with Crippen molar-refractivity contribution in [2.24, 2.45) is 0 Å². The third kappa shape index (κ3) is 3.21. The van der Waals surface area contributed by atoms with Gasteiger partial charge in [0.25, 0.3) is 0 Å². The van der Waals surface area contributed by atoms with Gasteiger partial charge in [-0.2, -0.15) is 5.26 Å². The molecule has 2 aromatic carbocycles. The first-order valence-corrected chi connectivity index (χ1v) is 6.47. The third-order valence-electron chi connectivity index (χ3n) is 3.02. The lowest BCUT2D eigenvalue weighted by atomic mass is 9.91. The minimum absolute atomic E-state index is 0.159. The SMILES string of the molecule is COc1cccc(C(C#N)C(=O)c2ccc(Cl)cc2F)c1. The molecular weight excluding hydrogens is 293 g/mol. The van der Waals surface area contributed by atoms with Crippen molar-refractivity contribution in [1.29, 1.82) is 5.26 Å². The zero-order valence-electron chi connectivity index (χ0n) is 11.1. The normalized spacial score (nSPS) is 11.5. The molecule has 0 fully saturated rings. The number of carbonyl (C=O) groups is 1. The fraction of sp³-hybridized carbons (Fsp3) is 0.125. The number of ether oxygens (including phenoxy) is 1. The van der Waals surface area contributed by atoms with Crippen LogP contribution < -0.4 is 4.74 Å². The Labute approximate surface area is 126 Å². The molecule has 0 amide bonds. The van der Waals surface area contributed by atoms with E-state index < -0.39 is 17.5 Å². The summed E-state index contributed by atoms with van der Waals surface area (Å²) in [6.45, 7) is 0. The van der Waals surface area contributed by atoms with Crippen molar-refractivity contribution in [2.75, 3.05) is 7.11 Å². The molecule has 1 atom stereocenters. The lowest BCUT2D eigenvalue weighted by Crippen LogP contribution is -2.13. The Bertz CT molecular complexity index is 724. The molecule has 0 bridgehead atoms. The zero-order valence-corrected chi connectivity index (χ0v) is 11.9. The molecule has 0 saturated carbocycles. The molecular formula is C16H11ClFNO2. The highest BCUT2D eigenvalue weighted by atomic mass is 35.5. The molecule has 0 heterocycles. The Morgan fingerprint density at radius 1 is 1.33 bits per heavy atom. The molecule has 0 aliphatic rings. The molecule has 106 valence electrons. The number of ketones is 1. The molecule has 21 heavy (non-hydrogen) atoms. The van der Waals surface area contributed by atoms with E-state index in [-0.39, 0.29) is 10.6 Å². The molecule has 0 aliphatic carbocycles. The van der Waals surface area contributed by atoms with Gasteiger partial charge in [0, 0.05) is 5.02 Å². The highest BCUT2D eigenvalue weighted by Crippen LogP contribution is 2.26. The maximum atomic E-state index is 13.8. The van der Waals surface area contributed by atoms with Gasteiger partial charge in [0.15, 0.2) is 5.78 Å². The van der Waals surface area contributed by atoms with Crippen LogP contribution in [0, 0.1) is 17.1 Å². The van der Waals surface area contributed by atoms with Crippen LogP contribution in [0.4, 0.5) is 4.39 Å². The van der Waals surface area contributed by atoms with E-state index >= 15 is 0 Å². The minimum Gasteiger partial charge on any atom is -0.497 e. The average Bonchev–Trinajstić information content (AvgIpc) is 2.48. The van der Waals surface area contributed by atoms with Gasteiger partial charge in [-0.05, 0) is 35.9 Å². The van der Waals surface area contributed by atoms with Crippen LogP contribution in [0.2, 0.25) is 5.02 Å². The number of halogens is 2. The summed E-state index contributed by atoms with van der Waals surface area (Å²) in [6, 6.07) is 12.2. The smallest absolute Gasteiger partial charge is 0.187 e. The number of nitriles is 1. The van der Waals surface area contributed by atoms with Crippen LogP contribution in [0.15, 0.2) is 42.5 Å². The monoisotopic (exact) mass is 303 g/mol. The van der Waals surface area contributed by atoms with Crippen LogP contribution in [-0.2, 0) is 0 Å². The standard InChI is InChI=1S/C16H11ClFNO2/c1-21-12-4-2-3-10(7-12)14(9-19)16(20)13-6-5-11(17)8-15(13)18/h2-8,14H,1H3. The van der Waals surface area contributed by atoms with E-state index in [0.717, 1.165) is 6.07 Å². The first-order chi connectivity index (χ1) is 10.1. The van der Waals surface area contributed by atoms with Crippen LogP contribution in [0.3, 0.4) is 0 Å². The van der Waals surface area contributed by atoms with Crippen molar-refractivity contribution >= 4 is 17.4 Å². The summed E-state index contributed by atoms with van der Waals surface area (Å²) >= 11 is 5.66. The Morgan fingerprint density at radius 2 is 2.10 bits per heavy atom. The van der Waals surface area contributed by atoms with Gasteiger partial charge in [-0.1, -0.05) is 23.7 Å². The van der Waals surface area contributed by atoms with Crippen molar-refractivity contribution < 1.29 is 13.9 Å². The van der Waals surface area contributed by atoms with Crippen LogP contribution in [-0.4, -0.2) is 12.9 Å². The van der Waals surface area contributed by atoms with Crippen LogP contribution in [0.5, 0.6) is 5.75 Å². The molecule has 1 unspecified atom stereocenters. The number of benzene rings is 2. The summed E-state index contributed by atoms with van der Waals surface area (Å²) in [5, 5.41) is 9.45. The van der Waals surface area contributed by atoms with E-state index in [0.29, 0.717) is 11.3 Å². The van der Waals surface area contributed by atoms with Gasteiger partial charge in [0.2, 0.25) is 0 Å². The van der Waals surface area contributed by atoms with Crippen molar-refractivity contribution in [3.63, 3.8) is 0 Å². The molecule has 0 radical (unpaired) electrons. The lowest BCUT2D eigenvalue weighted by Gasteiger charge is -2.11. The molecule has 0 saturated heterocycles. The van der Waals surface area contributed by atoms with Crippen molar-refractivity contribution in [3.8, 4) is 11.8 Å². The average molecular weight is 304 g/mol. The summed E-state index contributed by atoms with van der Waals surface area (Å²) in [7, 11) is 1.49. The number of rotatable bonds is 4. The maximum absolute atomic E-state index is 13.8. The van der Waals surface area contributed by atoms with E-state index in [1.54, 1.807) is 24.3 Å². The van der Waals surface area contributed by atoms with Gasteiger partial charge in [-0.3, -0.25) is 4.79 Å². The van der Waals surface area contributed by atoms with E-state index in [1.807, 2.05) is 6.07 Å². The van der Waals surface area contributed by atoms with Crippen LogP contribution in [0.1, 0.15) is 21.8 Å². The molecule has 0 N–H and O–H groups in total. The van der Waals surface area contributed by atoms with Crippen molar-refractivity contribution in [3.05, 3.63) is 64.4 Å². The van der Waals surface area contributed by atoms with Gasteiger partial charge < -0.3 is 4.74 Å². The molecule has 5 heteroatoms. The Balaban J connectivity index is 2.41. The summed E-state index contributed by atoms with van der Waals surface area (Å²) in [5.74, 6) is -1.93. The molecule has 0 aromatic heterocycles. The fourth-order valence-corrected chi connectivity index (χ4v) is 2.11. The molecule has 2 aromatic rings. The topological polar surface area (TPSA) is 50.1 Å². The quantitative estimate of drug-likeness (QED) is 0.803. The third-order valence-corrected chi connectivity index (χ3v) is 3.25. The van der Waals surface area contributed by atoms with Crippen molar-refractivity contribution in [2.45, 2.75) is 5.92 Å². The molecule has 0 spiro atoms. The van der Waals surface area contributed by atoms with Crippen LogP contribution in [0.25, 0.3) is 0 Å². The van der Waals surface area contributed by atoms with E-state index in [1.165, 1.54) is 19.2 Å². The second-order valence-corrected chi connectivity index (χ2v) is 4.76. The first kappa shape index (κ1) is 15.0. The Hall–Kier alpha value is -2.38. The Morgan fingerprint density at radius 3 is 2.71 bits per heavy atom. The zero-order chi connectivity index (χ0) is 15.4. The largest absolute Gasteiger partial charge is 0.497 e. The predicted octanol–water partition coefficient (Wildman–Crippen LogP) is 3.98. The van der Waals surface area contributed by atoms with E-state index in [2.05, 4.69) is 0 Å². The van der Waals surface area contributed by atoms with Gasteiger partial charge in [-0.15, -0.1) is 0 Å². The van der Waals surface area contributed by atoms with Crippen LogP contribution >= 0.6 is 11.6 Å². The Kier molecular flexibility index (Phi) is 4.56. The number of hydrogen-bond acceptors (Lipinski definition) is 3. The number of carbonyl (C=O) groups excluding carboxylic acids is 1. The van der Waals surface area contributed by atoms with Gasteiger partial charge in [0.1, 0.15) is 17.5 Å². The minimum atomic E-state index is -1.10. The number of methoxy groups -OCH3 is 1. The summed E-state index contributed by atoms with van der Waals surface area (Å²) < 4.78 is 18.9. The predicted molar refractivity (Wildman–Crippen MR) is 77.1 cm³/mol. The van der Waals surface area contributed by atoms with Gasteiger partial charge >= 0.3 is 0 Å². The summed E-state index contributed by atoms with van der Waals surface area (Å²) in [5.41, 5.74) is 0.296. The van der Waals surface area contributed by atoms with Gasteiger partial charge in [0.05, 0.1) is 18.7 Å². The molecule has 2 rings (SSSR count). The number of hydrogen-bond donors (Lipinski definition) is 0. The second kappa shape index (κ2) is 6.38. The summed E-state index contributed by atoms with van der Waals surface area (Å²) in [6.07, 6.45) is 0. The fourth-order valence-electron chi connectivity index (χ4n) is 1.95. The lowest BCUT2D eigenvalue weighted by molar-refractivity contribution is 0.0975. The van der Waals surface area contributed by atoms with E-state index in [9.17, 15) is 14.4 Å². The van der Waals surface area contributed by atoms with Gasteiger partial charge in [-0.25, -0.2) is 4.39 Å². The maximum Gasteiger partial charge on any atom is 0.187 e. The number of nitrogens with zero attached hydrogens (tertiary/aromatic N) is 1. The summed E-state index contributed by atoms with van der Waals surface area (Å²) in [4.78, 5) is 12.4. The molecule has 0 aliphatic heterocycles. The highest BCUT2D eigenvalue weighted by molar-refractivity contribution is 6.30. The van der Waals surface area contributed by atoms with E-state index in [4.69, 9.17) is 16.3 Å². The highest BCUT2D eigenvalue weighted by Gasteiger charge is 2.24. The van der Waals surface area contributed by atoms with Crippen molar-refractivity contribution in [1.82, 2.24) is 0 Å². The number of Topliss-reactive ketones (excluding diaryl/α,β-unsaturated/α-hetero) is 1. The second-order valence-electron chi connectivity index (χ2n) is 4.33.